The minimum Gasteiger partial charge on any atom is -0.373 e. The van der Waals surface area contributed by atoms with E-state index in [1.54, 1.807) is 0 Å². The van der Waals surface area contributed by atoms with E-state index in [9.17, 15) is 4.39 Å². The van der Waals surface area contributed by atoms with Crippen molar-refractivity contribution in [1.29, 1.82) is 0 Å². The van der Waals surface area contributed by atoms with Crippen LogP contribution in [0.5, 0.6) is 0 Å². The van der Waals surface area contributed by atoms with Crippen LogP contribution >= 0.6 is 15.9 Å². The fraction of sp³-hybridized carbons (Fsp3) is 0.600. The summed E-state index contributed by atoms with van der Waals surface area (Å²) in [6, 6.07) is 5.32. The van der Waals surface area contributed by atoms with E-state index in [2.05, 4.69) is 35.1 Å². The van der Waals surface area contributed by atoms with Crippen LogP contribution in [0.4, 0.5) is 4.39 Å². The predicted molar refractivity (Wildman–Crippen MR) is 78.7 cm³/mol. The number of rotatable bonds is 4. The molecular weight excluding hydrogens is 309 g/mol. The molecule has 0 saturated carbocycles. The summed E-state index contributed by atoms with van der Waals surface area (Å²) >= 11 is 3.45. The molecular formula is C15H21BrFNO. The van der Waals surface area contributed by atoms with Crippen LogP contribution in [0.1, 0.15) is 38.4 Å². The Labute approximate surface area is 122 Å². The quantitative estimate of drug-likeness (QED) is 0.899. The Kier molecular flexibility index (Phi) is 5.37. The zero-order valence-corrected chi connectivity index (χ0v) is 13.0. The van der Waals surface area contributed by atoms with E-state index in [1.165, 1.54) is 12.1 Å². The van der Waals surface area contributed by atoms with Crippen LogP contribution in [0.2, 0.25) is 0 Å². The molecule has 1 aromatic rings. The summed E-state index contributed by atoms with van der Waals surface area (Å²) in [5.74, 6) is 0.223. The molecule has 19 heavy (non-hydrogen) atoms. The highest BCUT2D eigenvalue weighted by Crippen LogP contribution is 2.37. The lowest BCUT2D eigenvalue weighted by molar-refractivity contribution is -0.0286. The second-order valence-electron chi connectivity index (χ2n) is 5.42. The molecule has 1 heterocycles. The smallest absolute Gasteiger partial charge is 0.124 e. The number of hydrogen-bond acceptors (Lipinski definition) is 2. The summed E-state index contributed by atoms with van der Waals surface area (Å²) < 4.78 is 19.9. The maximum Gasteiger partial charge on any atom is 0.124 e. The zero-order chi connectivity index (χ0) is 13.8. The standard InChI is InChI=1S/C15H21BrFNO/c1-10(2)18-9-11-4-3-7-19-15(11)13-6-5-12(17)8-14(13)16/h5-6,8,10-11,15,18H,3-4,7,9H2,1-2H3. The molecule has 1 aliphatic heterocycles. The second kappa shape index (κ2) is 6.82. The van der Waals surface area contributed by atoms with Gasteiger partial charge in [-0.25, -0.2) is 4.39 Å². The highest BCUT2D eigenvalue weighted by Gasteiger charge is 2.28. The Balaban J connectivity index is 2.14. The lowest BCUT2D eigenvalue weighted by Gasteiger charge is -2.33. The first-order chi connectivity index (χ1) is 9.08. The van der Waals surface area contributed by atoms with E-state index < -0.39 is 0 Å². The summed E-state index contributed by atoms with van der Waals surface area (Å²) in [5, 5.41) is 3.48. The summed E-state index contributed by atoms with van der Waals surface area (Å²) in [7, 11) is 0. The van der Waals surface area contributed by atoms with E-state index in [4.69, 9.17) is 4.74 Å². The van der Waals surface area contributed by atoms with Crippen LogP contribution in [0.3, 0.4) is 0 Å². The molecule has 0 spiro atoms. The van der Waals surface area contributed by atoms with Crippen LogP contribution in [-0.4, -0.2) is 19.2 Å². The predicted octanol–water partition coefficient (Wildman–Crippen LogP) is 4.05. The summed E-state index contributed by atoms with van der Waals surface area (Å²) in [5.41, 5.74) is 1.05. The largest absolute Gasteiger partial charge is 0.373 e. The topological polar surface area (TPSA) is 21.3 Å². The fourth-order valence-corrected chi connectivity index (χ4v) is 3.09. The molecule has 4 heteroatoms. The van der Waals surface area contributed by atoms with Crippen LogP contribution in [0.25, 0.3) is 0 Å². The monoisotopic (exact) mass is 329 g/mol. The molecule has 2 atom stereocenters. The molecule has 106 valence electrons. The maximum atomic E-state index is 13.2. The first-order valence-corrected chi connectivity index (χ1v) is 7.67. The average Bonchev–Trinajstić information content (AvgIpc) is 2.37. The number of benzene rings is 1. The molecule has 1 aliphatic rings. The Bertz CT molecular complexity index is 425. The number of nitrogens with one attached hydrogen (secondary N) is 1. The van der Waals surface area contributed by atoms with Crippen molar-refractivity contribution >= 4 is 15.9 Å². The van der Waals surface area contributed by atoms with Gasteiger partial charge in [0, 0.05) is 29.6 Å². The first kappa shape index (κ1) is 14.9. The van der Waals surface area contributed by atoms with E-state index in [1.807, 2.05) is 6.07 Å². The third kappa shape index (κ3) is 4.01. The number of hydrogen-bond donors (Lipinski definition) is 1. The Morgan fingerprint density at radius 2 is 2.26 bits per heavy atom. The lowest BCUT2D eigenvalue weighted by Crippen LogP contribution is -2.35. The normalized spacial score (nSPS) is 23.8. The van der Waals surface area contributed by atoms with Gasteiger partial charge in [0.1, 0.15) is 5.82 Å². The molecule has 0 bridgehead atoms. The van der Waals surface area contributed by atoms with Gasteiger partial charge in [0.15, 0.2) is 0 Å². The molecule has 2 nitrogen and oxygen atoms in total. The van der Waals surface area contributed by atoms with Crippen LogP contribution in [0.15, 0.2) is 22.7 Å². The Hall–Kier alpha value is -0.450. The van der Waals surface area contributed by atoms with Crippen LogP contribution in [0, 0.1) is 11.7 Å². The van der Waals surface area contributed by atoms with Gasteiger partial charge in [0.2, 0.25) is 0 Å². The summed E-state index contributed by atoms with van der Waals surface area (Å²) in [6.45, 7) is 6.01. The van der Waals surface area contributed by atoms with Gasteiger partial charge in [-0.3, -0.25) is 0 Å². The minimum absolute atomic E-state index is 0.0509. The van der Waals surface area contributed by atoms with Gasteiger partial charge >= 0.3 is 0 Å². The molecule has 1 saturated heterocycles. The van der Waals surface area contributed by atoms with Gasteiger partial charge in [0.25, 0.3) is 0 Å². The highest BCUT2D eigenvalue weighted by atomic mass is 79.9. The van der Waals surface area contributed by atoms with E-state index in [-0.39, 0.29) is 11.9 Å². The lowest BCUT2D eigenvalue weighted by atomic mass is 9.89. The average molecular weight is 330 g/mol. The van der Waals surface area contributed by atoms with Crippen LogP contribution in [-0.2, 0) is 4.74 Å². The van der Waals surface area contributed by atoms with Gasteiger partial charge < -0.3 is 10.1 Å². The molecule has 0 aromatic heterocycles. The van der Waals surface area contributed by atoms with E-state index >= 15 is 0 Å². The molecule has 2 rings (SSSR count). The Morgan fingerprint density at radius 1 is 1.47 bits per heavy atom. The third-order valence-electron chi connectivity index (χ3n) is 3.50. The van der Waals surface area contributed by atoms with Gasteiger partial charge in [-0.2, -0.15) is 0 Å². The van der Waals surface area contributed by atoms with Crippen molar-refractivity contribution in [2.75, 3.05) is 13.2 Å². The maximum absolute atomic E-state index is 13.2. The van der Waals surface area contributed by atoms with Crippen molar-refractivity contribution in [2.45, 2.75) is 38.8 Å². The summed E-state index contributed by atoms with van der Waals surface area (Å²) in [4.78, 5) is 0. The molecule has 1 fully saturated rings. The van der Waals surface area contributed by atoms with Crippen molar-refractivity contribution in [3.8, 4) is 0 Å². The van der Waals surface area contributed by atoms with E-state index in [0.29, 0.717) is 12.0 Å². The van der Waals surface area contributed by atoms with Crippen molar-refractivity contribution < 1.29 is 9.13 Å². The van der Waals surface area contributed by atoms with Crippen molar-refractivity contribution in [3.63, 3.8) is 0 Å². The van der Waals surface area contributed by atoms with Gasteiger partial charge in [-0.1, -0.05) is 35.8 Å². The molecule has 0 amide bonds. The third-order valence-corrected chi connectivity index (χ3v) is 4.19. The molecule has 2 unspecified atom stereocenters. The Morgan fingerprint density at radius 3 is 2.95 bits per heavy atom. The van der Waals surface area contributed by atoms with Gasteiger partial charge in [0.05, 0.1) is 6.10 Å². The van der Waals surface area contributed by atoms with E-state index in [0.717, 1.165) is 36.0 Å². The van der Waals surface area contributed by atoms with Crippen molar-refractivity contribution in [3.05, 3.63) is 34.1 Å². The first-order valence-electron chi connectivity index (χ1n) is 6.88. The molecule has 1 N–H and O–H groups in total. The SMILES string of the molecule is CC(C)NCC1CCCOC1c1ccc(F)cc1Br. The second-order valence-corrected chi connectivity index (χ2v) is 6.28. The molecule has 0 radical (unpaired) electrons. The van der Waals surface area contributed by atoms with Crippen LogP contribution < -0.4 is 5.32 Å². The minimum atomic E-state index is -0.219. The van der Waals surface area contributed by atoms with Crippen molar-refractivity contribution in [2.24, 2.45) is 5.92 Å². The number of halogens is 2. The summed E-state index contributed by atoms with van der Waals surface area (Å²) in [6.07, 6.45) is 2.29. The number of ether oxygens (including phenoxy) is 1. The van der Waals surface area contributed by atoms with Gasteiger partial charge in [-0.15, -0.1) is 0 Å². The van der Waals surface area contributed by atoms with Crippen molar-refractivity contribution in [1.82, 2.24) is 5.32 Å². The molecule has 1 aromatic carbocycles. The zero-order valence-electron chi connectivity index (χ0n) is 11.5. The fourth-order valence-electron chi connectivity index (χ4n) is 2.52. The molecule has 0 aliphatic carbocycles. The van der Waals surface area contributed by atoms with Gasteiger partial charge in [-0.05, 0) is 30.5 Å². The highest BCUT2D eigenvalue weighted by molar-refractivity contribution is 9.10.